The van der Waals surface area contributed by atoms with E-state index in [-0.39, 0.29) is 11.8 Å². The van der Waals surface area contributed by atoms with Gasteiger partial charge >= 0.3 is 5.97 Å². The van der Waals surface area contributed by atoms with E-state index in [2.05, 4.69) is 5.10 Å². The second kappa shape index (κ2) is 4.80. The predicted molar refractivity (Wildman–Crippen MR) is 65.2 cm³/mol. The van der Waals surface area contributed by atoms with Crippen LogP contribution in [0.5, 0.6) is 0 Å². The second-order valence-electron chi connectivity index (χ2n) is 4.82. The fourth-order valence-corrected chi connectivity index (χ4v) is 2.29. The van der Waals surface area contributed by atoms with Crippen LogP contribution in [0, 0.1) is 11.8 Å². The summed E-state index contributed by atoms with van der Waals surface area (Å²) in [7, 11) is 0. The van der Waals surface area contributed by atoms with Crippen molar-refractivity contribution in [3.8, 4) is 0 Å². The van der Waals surface area contributed by atoms with Gasteiger partial charge in [-0.15, -0.1) is 0 Å². The number of aryl methyl sites for hydroxylation is 1. The molecule has 1 aliphatic heterocycles. The minimum absolute atomic E-state index is 0.228. The minimum atomic E-state index is -1.06. The molecule has 98 valence electrons. The van der Waals surface area contributed by atoms with Gasteiger partial charge in [-0.05, 0) is 12.3 Å². The Morgan fingerprint density at radius 2 is 2.11 bits per heavy atom. The lowest BCUT2D eigenvalue weighted by molar-refractivity contribution is -0.148. The Morgan fingerprint density at radius 1 is 1.39 bits per heavy atom. The highest BCUT2D eigenvalue weighted by Gasteiger charge is 2.35. The molecule has 1 N–H and O–H groups in total. The third-order valence-electron chi connectivity index (χ3n) is 3.19. The lowest BCUT2D eigenvalue weighted by atomic mass is 9.94. The molecule has 1 unspecified atom stereocenters. The van der Waals surface area contributed by atoms with Gasteiger partial charge < -0.3 is 5.11 Å². The van der Waals surface area contributed by atoms with Gasteiger partial charge in [0.2, 0.25) is 5.91 Å². The highest BCUT2D eigenvalue weighted by atomic mass is 16.4. The maximum absolute atomic E-state index is 12.3. The van der Waals surface area contributed by atoms with E-state index in [0.717, 1.165) is 13.0 Å². The number of fused-ring (bicyclic) bond motifs is 1. The van der Waals surface area contributed by atoms with Crippen LogP contribution in [-0.2, 0) is 16.1 Å². The molecular weight excluding hydrogens is 234 g/mol. The van der Waals surface area contributed by atoms with Crippen LogP contribution in [-0.4, -0.2) is 33.3 Å². The number of anilines is 1. The number of carbonyl (C=O) groups excluding carboxylic acids is 1. The van der Waals surface area contributed by atoms with Gasteiger partial charge in [0.05, 0.1) is 6.20 Å². The predicted octanol–water partition coefficient (Wildman–Crippen LogP) is 0.977. The molecule has 0 saturated heterocycles. The van der Waals surface area contributed by atoms with E-state index >= 15 is 0 Å². The topological polar surface area (TPSA) is 75.4 Å². The van der Waals surface area contributed by atoms with Crippen molar-refractivity contribution in [1.82, 2.24) is 9.78 Å². The highest BCUT2D eigenvalue weighted by molar-refractivity contribution is 6.05. The van der Waals surface area contributed by atoms with Crippen molar-refractivity contribution >= 4 is 17.7 Å². The zero-order valence-electron chi connectivity index (χ0n) is 10.5. The van der Waals surface area contributed by atoms with Crippen molar-refractivity contribution < 1.29 is 14.7 Å². The Morgan fingerprint density at radius 3 is 2.72 bits per heavy atom. The van der Waals surface area contributed by atoms with Gasteiger partial charge in [-0.2, -0.15) is 5.10 Å². The van der Waals surface area contributed by atoms with Gasteiger partial charge in [0.25, 0.3) is 0 Å². The van der Waals surface area contributed by atoms with E-state index in [0.29, 0.717) is 12.4 Å². The Kier molecular flexibility index (Phi) is 3.36. The molecule has 2 rings (SSSR count). The first-order valence-electron chi connectivity index (χ1n) is 6.08. The molecule has 0 saturated carbocycles. The van der Waals surface area contributed by atoms with Crippen LogP contribution in [0.4, 0.5) is 5.82 Å². The largest absolute Gasteiger partial charge is 0.481 e. The monoisotopic (exact) mass is 251 g/mol. The number of hydrogen-bond donors (Lipinski definition) is 1. The maximum Gasteiger partial charge on any atom is 0.316 e. The van der Waals surface area contributed by atoms with Gasteiger partial charge in [-0.3, -0.25) is 14.5 Å². The van der Waals surface area contributed by atoms with Gasteiger partial charge in [0, 0.05) is 19.2 Å². The molecule has 1 amide bonds. The van der Waals surface area contributed by atoms with Crippen LogP contribution in [0.2, 0.25) is 0 Å². The van der Waals surface area contributed by atoms with E-state index in [1.54, 1.807) is 30.8 Å². The van der Waals surface area contributed by atoms with Crippen LogP contribution >= 0.6 is 0 Å². The molecule has 1 atom stereocenters. The molecular formula is C12H17N3O3. The lowest BCUT2D eigenvalue weighted by Gasteiger charge is -2.30. The van der Waals surface area contributed by atoms with Crippen molar-refractivity contribution in [3.05, 3.63) is 12.3 Å². The molecule has 1 aliphatic rings. The number of hydrogen-bond acceptors (Lipinski definition) is 3. The normalized spacial score (nSPS) is 16.5. The van der Waals surface area contributed by atoms with Crippen LogP contribution < -0.4 is 4.90 Å². The molecule has 0 radical (unpaired) electrons. The highest BCUT2D eigenvalue weighted by Crippen LogP contribution is 2.24. The summed E-state index contributed by atoms with van der Waals surface area (Å²) < 4.78 is 1.74. The summed E-state index contributed by atoms with van der Waals surface area (Å²) in [4.78, 5) is 25.1. The van der Waals surface area contributed by atoms with E-state index in [9.17, 15) is 14.7 Å². The van der Waals surface area contributed by atoms with Gasteiger partial charge in [-0.25, -0.2) is 4.68 Å². The Balaban J connectivity index is 2.28. The number of aromatic nitrogens is 2. The number of amides is 1. The summed E-state index contributed by atoms with van der Waals surface area (Å²) >= 11 is 0. The fraction of sp³-hybridized carbons (Fsp3) is 0.583. The molecule has 1 aromatic rings. The van der Waals surface area contributed by atoms with Crippen molar-refractivity contribution in [1.29, 1.82) is 0 Å². The van der Waals surface area contributed by atoms with Gasteiger partial charge in [-0.1, -0.05) is 13.8 Å². The molecule has 0 fully saturated rings. The molecule has 0 bridgehead atoms. The summed E-state index contributed by atoms with van der Waals surface area (Å²) in [6.07, 6.45) is 2.43. The molecule has 2 heterocycles. The standard InChI is InChI=1S/C12H17N3O3/c1-8(2)10(12(17)18)11(16)14-6-3-7-15-9(14)4-5-13-15/h4-5,8,10H,3,6-7H2,1-2H3,(H,17,18). The van der Waals surface area contributed by atoms with Crippen LogP contribution in [0.3, 0.4) is 0 Å². The van der Waals surface area contributed by atoms with Gasteiger partial charge in [0.15, 0.2) is 0 Å². The zero-order valence-corrected chi connectivity index (χ0v) is 10.5. The molecule has 6 heteroatoms. The average molecular weight is 251 g/mol. The third kappa shape index (κ3) is 2.10. The molecule has 0 spiro atoms. The fourth-order valence-electron chi connectivity index (χ4n) is 2.29. The zero-order chi connectivity index (χ0) is 13.3. The molecule has 1 aromatic heterocycles. The molecule has 6 nitrogen and oxygen atoms in total. The summed E-state index contributed by atoms with van der Waals surface area (Å²) in [6, 6.07) is 1.75. The first kappa shape index (κ1) is 12.6. The number of carboxylic acid groups (broad SMARTS) is 1. The smallest absolute Gasteiger partial charge is 0.316 e. The summed E-state index contributed by atoms with van der Waals surface area (Å²) in [6.45, 7) is 4.82. The van der Waals surface area contributed by atoms with Crippen LogP contribution in [0.25, 0.3) is 0 Å². The summed E-state index contributed by atoms with van der Waals surface area (Å²) in [5.41, 5.74) is 0. The van der Waals surface area contributed by atoms with Crippen LogP contribution in [0.1, 0.15) is 20.3 Å². The molecule has 0 aromatic carbocycles. The van der Waals surface area contributed by atoms with E-state index < -0.39 is 11.9 Å². The summed E-state index contributed by atoms with van der Waals surface area (Å²) in [5.74, 6) is -1.94. The number of nitrogens with zero attached hydrogens (tertiary/aromatic N) is 3. The number of aliphatic carboxylic acids is 1. The van der Waals surface area contributed by atoms with Gasteiger partial charge in [0.1, 0.15) is 11.7 Å². The SMILES string of the molecule is CC(C)C(C(=O)O)C(=O)N1CCCn2nccc21. The third-order valence-corrected chi connectivity index (χ3v) is 3.19. The number of carboxylic acids is 1. The first-order valence-corrected chi connectivity index (χ1v) is 6.08. The quantitative estimate of drug-likeness (QED) is 0.812. The minimum Gasteiger partial charge on any atom is -0.481 e. The van der Waals surface area contributed by atoms with Crippen molar-refractivity contribution in [3.63, 3.8) is 0 Å². The van der Waals surface area contributed by atoms with Crippen LogP contribution in [0.15, 0.2) is 12.3 Å². The van der Waals surface area contributed by atoms with Crippen molar-refractivity contribution in [2.24, 2.45) is 11.8 Å². The Labute approximate surface area is 105 Å². The van der Waals surface area contributed by atoms with E-state index in [1.165, 1.54) is 4.90 Å². The second-order valence-corrected chi connectivity index (χ2v) is 4.82. The van der Waals surface area contributed by atoms with Crippen molar-refractivity contribution in [2.75, 3.05) is 11.4 Å². The summed E-state index contributed by atoms with van der Waals surface area (Å²) in [5, 5.41) is 13.3. The molecule has 0 aliphatic carbocycles. The maximum atomic E-state index is 12.3. The van der Waals surface area contributed by atoms with E-state index in [1.807, 2.05) is 0 Å². The number of carbonyl (C=O) groups is 2. The van der Waals surface area contributed by atoms with E-state index in [4.69, 9.17) is 0 Å². The van der Waals surface area contributed by atoms with Crippen molar-refractivity contribution in [2.45, 2.75) is 26.8 Å². The molecule has 18 heavy (non-hydrogen) atoms. The Bertz CT molecular complexity index is 467. The lowest BCUT2D eigenvalue weighted by Crippen LogP contribution is -2.45. The average Bonchev–Trinajstić information content (AvgIpc) is 2.75. The first-order chi connectivity index (χ1) is 8.52. The Hall–Kier alpha value is -1.85. The number of rotatable bonds is 3.